The predicted molar refractivity (Wildman–Crippen MR) is 235 cm³/mol. The van der Waals surface area contributed by atoms with Gasteiger partial charge in [0, 0.05) is 49.0 Å². The Morgan fingerprint density at radius 2 is 1.54 bits per heavy atom. The smallest absolute Gasteiger partial charge is 0.249 e. The molecular weight excluding hydrogens is 741 g/mol. The van der Waals surface area contributed by atoms with Crippen LogP contribution in [0.5, 0.6) is 17.2 Å². The number of carbonyl (C=O) groups excluding carboxylic acids is 3. The second kappa shape index (κ2) is 18.1. The van der Waals surface area contributed by atoms with Gasteiger partial charge in [-0.1, -0.05) is 35.8 Å². The number of aromatic hydroxyl groups is 1. The number of phenolic OH excluding ortho intramolecular Hbond substituents is 1. The van der Waals surface area contributed by atoms with E-state index in [0.29, 0.717) is 35.5 Å². The quantitative estimate of drug-likeness (QED) is 0.174. The van der Waals surface area contributed by atoms with Gasteiger partial charge in [0.05, 0.1) is 17.1 Å². The first-order valence-electron chi connectivity index (χ1n) is 22.6. The van der Waals surface area contributed by atoms with Crippen LogP contribution in [0.15, 0.2) is 41.0 Å². The number of ether oxygens (including phenoxy) is 3. The van der Waals surface area contributed by atoms with Gasteiger partial charge in [0.1, 0.15) is 40.1 Å². The Bertz CT molecular complexity index is 1890. The summed E-state index contributed by atoms with van der Waals surface area (Å²) in [4.78, 5) is 47.3. The van der Waals surface area contributed by atoms with E-state index in [9.17, 15) is 14.7 Å². The minimum atomic E-state index is -1.17. The maximum atomic E-state index is 15.4. The summed E-state index contributed by atoms with van der Waals surface area (Å²) in [5.74, 6) is -0.282. The van der Waals surface area contributed by atoms with E-state index < -0.39 is 28.8 Å². The number of fused-ring (bicyclic) bond motifs is 2. The summed E-state index contributed by atoms with van der Waals surface area (Å²) in [7, 11) is 0. The number of likely N-dealkylation sites (tertiary alicyclic amines) is 2. The zero-order valence-corrected chi connectivity index (χ0v) is 37.8. The normalized spacial score (nSPS) is 29.0. The summed E-state index contributed by atoms with van der Waals surface area (Å²) < 4.78 is 21.3. The van der Waals surface area contributed by atoms with E-state index in [1.165, 1.54) is 5.57 Å². The molecule has 1 aromatic carbocycles. The maximum Gasteiger partial charge on any atom is 0.249 e. The van der Waals surface area contributed by atoms with Crippen molar-refractivity contribution in [3.63, 3.8) is 0 Å². The molecule has 9 nitrogen and oxygen atoms in total. The van der Waals surface area contributed by atoms with Gasteiger partial charge in [0.25, 0.3) is 0 Å². The van der Waals surface area contributed by atoms with E-state index in [4.69, 9.17) is 14.2 Å². The summed E-state index contributed by atoms with van der Waals surface area (Å²) in [6.07, 6.45) is 19.0. The highest BCUT2D eigenvalue weighted by Gasteiger charge is 2.55. The number of hydrogen-bond acceptors (Lipinski definition) is 8. The summed E-state index contributed by atoms with van der Waals surface area (Å²) >= 11 is 0. The van der Waals surface area contributed by atoms with Crippen LogP contribution < -0.4 is 9.47 Å². The lowest BCUT2D eigenvalue weighted by Gasteiger charge is -2.48. The van der Waals surface area contributed by atoms with Crippen LogP contribution in [0.25, 0.3) is 6.08 Å². The molecule has 324 valence electrons. The fourth-order valence-corrected chi connectivity index (χ4v) is 10.2. The van der Waals surface area contributed by atoms with E-state index in [0.717, 1.165) is 88.7 Å². The number of nitrogens with zero attached hydrogens (tertiary/aromatic N) is 2. The molecule has 0 radical (unpaired) electrons. The number of phenols is 1. The number of Topliss-reactive ketones (excluding diaryl/α,β-unsaturated/α-hetero) is 2. The lowest BCUT2D eigenvalue weighted by molar-refractivity contribution is -0.176. The van der Waals surface area contributed by atoms with E-state index in [1.807, 2.05) is 50.8 Å². The molecule has 9 heteroatoms. The Hall–Kier alpha value is -3.69. The fraction of sp³-hybridized carbons (Fsp3) is 0.660. The van der Waals surface area contributed by atoms with Crippen LogP contribution >= 0.6 is 0 Å². The largest absolute Gasteiger partial charge is 0.506 e. The third-order valence-corrected chi connectivity index (χ3v) is 13.8. The van der Waals surface area contributed by atoms with Gasteiger partial charge < -0.3 is 24.2 Å². The van der Waals surface area contributed by atoms with Gasteiger partial charge in [-0.05, 0) is 152 Å². The number of piperidine rings is 2. The van der Waals surface area contributed by atoms with Crippen molar-refractivity contribution >= 4 is 23.5 Å². The molecule has 6 unspecified atom stereocenters. The Kier molecular flexibility index (Phi) is 13.8. The topological polar surface area (TPSA) is 106 Å². The van der Waals surface area contributed by atoms with Crippen molar-refractivity contribution in [3.8, 4) is 17.2 Å². The molecule has 59 heavy (non-hydrogen) atoms. The Labute approximate surface area is 354 Å². The highest BCUT2D eigenvalue weighted by molar-refractivity contribution is 6.06. The number of hydrogen-bond donors (Lipinski definition) is 1. The highest BCUT2D eigenvalue weighted by atomic mass is 16.5. The Morgan fingerprint density at radius 1 is 0.898 bits per heavy atom. The van der Waals surface area contributed by atoms with Gasteiger partial charge in [0.15, 0.2) is 11.6 Å². The molecule has 0 aromatic heterocycles. The fourth-order valence-electron chi connectivity index (χ4n) is 10.2. The summed E-state index contributed by atoms with van der Waals surface area (Å²) in [6, 6.07) is -0.185. The molecule has 5 aliphatic rings. The summed E-state index contributed by atoms with van der Waals surface area (Å²) in [5.41, 5.74) is 1.78. The van der Waals surface area contributed by atoms with Gasteiger partial charge in [-0.25, -0.2) is 0 Å². The van der Waals surface area contributed by atoms with Crippen LogP contribution in [0.4, 0.5) is 0 Å². The first kappa shape index (κ1) is 44.9. The number of allylic oxidation sites excluding steroid dienone is 4. The number of benzene rings is 1. The van der Waals surface area contributed by atoms with Crippen molar-refractivity contribution in [2.45, 2.75) is 175 Å². The van der Waals surface area contributed by atoms with Crippen LogP contribution in [-0.4, -0.2) is 87.5 Å². The summed E-state index contributed by atoms with van der Waals surface area (Å²) in [5, 5.41) is 12.2. The highest BCUT2D eigenvalue weighted by Crippen LogP contribution is 2.54. The van der Waals surface area contributed by atoms with Gasteiger partial charge in [0.2, 0.25) is 5.91 Å². The molecule has 5 aliphatic heterocycles. The van der Waals surface area contributed by atoms with Crippen LogP contribution in [0.2, 0.25) is 0 Å². The number of carbonyl (C=O) groups is 3. The molecule has 1 amide bonds. The standard InChI is InChI=1S/C50H72N2O7/c1-32(2)18-17-25-49(9)26-24-36-42(54)41-43(55)40(35(6)51-28-13-11-14-29-51)46(57-45(41)37(44(36)58-49)20-19-33(3)4)38-21-22-39(53)50(10,59-48(38,7)8)27-23-34(5)47(56)52-30-15-12-16-31-52/h18-19,23-24,26,35,38,40,46,54H,11-17,20-22,25,27-31H2,1-10H3/b34-23-. The van der Waals surface area contributed by atoms with Crippen LogP contribution in [-0.2, 0) is 20.7 Å². The zero-order chi connectivity index (χ0) is 42.9. The molecular formula is C50H72N2O7. The van der Waals surface area contributed by atoms with Gasteiger partial charge in [-0.3, -0.25) is 19.3 Å². The van der Waals surface area contributed by atoms with Crippen molar-refractivity contribution in [3.05, 3.63) is 57.7 Å². The monoisotopic (exact) mass is 813 g/mol. The molecule has 6 rings (SSSR count). The molecule has 3 saturated heterocycles. The van der Waals surface area contributed by atoms with E-state index in [-0.39, 0.29) is 53.6 Å². The number of amides is 1. The lowest BCUT2D eigenvalue weighted by Crippen LogP contribution is -2.58. The third-order valence-electron chi connectivity index (χ3n) is 13.8. The maximum absolute atomic E-state index is 15.4. The number of rotatable bonds is 11. The van der Waals surface area contributed by atoms with E-state index >= 15 is 4.79 Å². The molecule has 0 aliphatic carbocycles. The van der Waals surface area contributed by atoms with E-state index in [2.05, 4.69) is 58.6 Å². The zero-order valence-electron chi connectivity index (χ0n) is 37.8. The SMILES string of the molecule is CC(C)=CCCC1(C)C=Cc2c(O)c3c(c(CC=C(C)C)c2O1)OC(C1CCC(=O)C(C)(C/C=C(/C)C(=O)N2CCCCC2)OC1(C)C)C(C(C)N1CCCCC1)C3=O. The van der Waals surface area contributed by atoms with Gasteiger partial charge in [-0.2, -0.15) is 0 Å². The first-order chi connectivity index (χ1) is 27.9. The predicted octanol–water partition coefficient (Wildman–Crippen LogP) is 10.1. The Balaban J connectivity index is 1.42. The molecule has 0 saturated carbocycles. The van der Waals surface area contributed by atoms with Crippen LogP contribution in [0, 0.1) is 11.8 Å². The first-order valence-corrected chi connectivity index (χ1v) is 22.6. The molecule has 5 heterocycles. The summed E-state index contributed by atoms with van der Waals surface area (Å²) in [6.45, 7) is 23.5. The minimum Gasteiger partial charge on any atom is -0.506 e. The van der Waals surface area contributed by atoms with Crippen LogP contribution in [0.1, 0.15) is 161 Å². The molecule has 6 atom stereocenters. The van der Waals surface area contributed by atoms with Crippen molar-refractivity contribution in [1.29, 1.82) is 0 Å². The second-order valence-electron chi connectivity index (χ2n) is 19.6. The Morgan fingerprint density at radius 3 is 2.19 bits per heavy atom. The molecule has 0 bridgehead atoms. The van der Waals surface area contributed by atoms with Crippen molar-refractivity contribution in [2.75, 3.05) is 26.2 Å². The van der Waals surface area contributed by atoms with Gasteiger partial charge in [-0.15, -0.1) is 0 Å². The third kappa shape index (κ3) is 9.62. The average molecular weight is 813 g/mol. The second-order valence-corrected chi connectivity index (χ2v) is 19.6. The van der Waals surface area contributed by atoms with Crippen LogP contribution in [0.3, 0.4) is 0 Å². The molecule has 0 spiro atoms. The number of ketones is 2. The molecule has 1 aromatic rings. The lowest BCUT2D eigenvalue weighted by atomic mass is 9.71. The average Bonchev–Trinajstić information content (AvgIpc) is 3.28. The minimum absolute atomic E-state index is 0.0192. The van der Waals surface area contributed by atoms with Crippen molar-refractivity contribution in [2.24, 2.45) is 11.8 Å². The molecule has 3 fully saturated rings. The van der Waals surface area contributed by atoms with E-state index in [1.54, 1.807) is 0 Å². The van der Waals surface area contributed by atoms with Crippen molar-refractivity contribution in [1.82, 2.24) is 9.80 Å². The molecule has 1 N–H and O–H groups in total. The van der Waals surface area contributed by atoms with Gasteiger partial charge >= 0.3 is 0 Å². The van der Waals surface area contributed by atoms with Crippen molar-refractivity contribution < 1.29 is 33.7 Å².